The number of anilines is 1. The third-order valence-electron chi connectivity index (χ3n) is 3.87. The average Bonchev–Trinajstić information content (AvgIpc) is 3.46. The van der Waals surface area contributed by atoms with Gasteiger partial charge in [-0.2, -0.15) is 5.26 Å². The molecule has 0 aliphatic carbocycles. The summed E-state index contributed by atoms with van der Waals surface area (Å²) in [6, 6.07) is 7.94. The Morgan fingerprint density at radius 3 is 2.68 bits per heavy atom. The summed E-state index contributed by atoms with van der Waals surface area (Å²) in [7, 11) is -3.58. The van der Waals surface area contributed by atoms with Crippen LogP contribution in [0.3, 0.4) is 0 Å². The number of ether oxygens (including phenoxy) is 2. The summed E-state index contributed by atoms with van der Waals surface area (Å²) < 4.78 is 33.7. The number of amides is 1. The van der Waals surface area contributed by atoms with Crippen LogP contribution in [-0.2, 0) is 14.6 Å². The van der Waals surface area contributed by atoms with Gasteiger partial charge < -0.3 is 9.47 Å². The number of esters is 1. The number of thiophene rings is 1. The molecule has 14 heteroatoms. The minimum atomic E-state index is -3.58. The molecule has 1 amide bonds. The minimum absolute atomic E-state index is 0.00388. The summed E-state index contributed by atoms with van der Waals surface area (Å²) in [4.78, 5) is 25.2. The van der Waals surface area contributed by atoms with Crippen molar-refractivity contribution in [2.45, 2.75) is 11.3 Å². The molecular formula is C20H15ClN4O6S3. The summed E-state index contributed by atoms with van der Waals surface area (Å²) in [5, 5.41) is 20.5. The minimum Gasteiger partial charge on any atom is -0.490 e. The van der Waals surface area contributed by atoms with Crippen LogP contribution < -0.4 is 14.8 Å². The maximum absolute atomic E-state index is 12.5. The van der Waals surface area contributed by atoms with Crippen molar-refractivity contribution in [2.24, 2.45) is 0 Å². The number of rotatable bonds is 8. The number of carbonyl (C=O) groups excluding carboxylic acids is 2. The first-order chi connectivity index (χ1) is 16.1. The van der Waals surface area contributed by atoms with Crippen molar-refractivity contribution in [2.75, 3.05) is 18.2 Å². The highest BCUT2D eigenvalue weighted by atomic mass is 35.5. The van der Waals surface area contributed by atoms with E-state index >= 15 is 0 Å². The molecule has 0 bridgehead atoms. The first kappa shape index (κ1) is 25.3. The second-order valence-corrected chi connectivity index (χ2v) is 10.9. The molecule has 3 aromatic rings. The Morgan fingerprint density at radius 2 is 2.09 bits per heavy atom. The number of aromatic nitrogens is 2. The lowest BCUT2D eigenvalue weighted by Gasteiger charge is -2.13. The highest BCUT2D eigenvalue weighted by Gasteiger charge is 2.20. The second-order valence-electron chi connectivity index (χ2n) is 6.40. The number of hydrogen-bond donors (Lipinski definition) is 1. The standard InChI is InChI=1S/C20H15ClN4O6S3/c1-3-30-14-9-11(8-13(21)16(14)31-18(27)15-5-4-6-32-15)7-12(10-22)17(26)23-19-24-25-20(33-19)34(2,28)29/h4-9H,3H2,1-2H3,(H,23,24,26)/b12-7-. The van der Waals surface area contributed by atoms with Crippen LogP contribution in [0.1, 0.15) is 22.2 Å². The van der Waals surface area contributed by atoms with E-state index in [-0.39, 0.29) is 38.2 Å². The van der Waals surface area contributed by atoms with Gasteiger partial charge in [0.2, 0.25) is 19.3 Å². The summed E-state index contributed by atoms with van der Waals surface area (Å²) in [5.41, 5.74) is 0.00288. The fourth-order valence-corrected chi connectivity index (χ4v) is 4.82. The fourth-order valence-electron chi connectivity index (χ4n) is 2.46. The summed E-state index contributed by atoms with van der Waals surface area (Å²) in [6.45, 7) is 1.96. The molecule has 3 rings (SSSR count). The molecule has 0 radical (unpaired) electrons. The molecule has 0 unspecified atom stereocenters. The smallest absolute Gasteiger partial charge is 0.353 e. The Morgan fingerprint density at radius 1 is 1.32 bits per heavy atom. The van der Waals surface area contributed by atoms with Crippen molar-refractivity contribution >= 4 is 67.2 Å². The van der Waals surface area contributed by atoms with Gasteiger partial charge in [-0.15, -0.1) is 21.5 Å². The van der Waals surface area contributed by atoms with Gasteiger partial charge in [-0.1, -0.05) is 29.0 Å². The van der Waals surface area contributed by atoms with Crippen LogP contribution in [0, 0.1) is 11.3 Å². The number of sulfone groups is 1. The first-order valence-electron chi connectivity index (χ1n) is 9.31. The molecule has 34 heavy (non-hydrogen) atoms. The number of halogens is 1. The van der Waals surface area contributed by atoms with Crippen LogP contribution in [0.5, 0.6) is 11.5 Å². The molecule has 0 saturated heterocycles. The molecule has 0 spiro atoms. The SMILES string of the molecule is CCOc1cc(/C=C(/C#N)C(=O)Nc2nnc(S(C)(=O)=O)s2)cc(Cl)c1OC(=O)c1cccs1. The number of nitriles is 1. The van der Waals surface area contributed by atoms with E-state index in [1.165, 1.54) is 29.5 Å². The molecule has 0 saturated carbocycles. The van der Waals surface area contributed by atoms with E-state index in [0.29, 0.717) is 21.8 Å². The number of nitrogens with one attached hydrogen (secondary N) is 1. The predicted octanol–water partition coefficient (Wildman–Crippen LogP) is 3.82. The summed E-state index contributed by atoms with van der Waals surface area (Å²) >= 11 is 8.18. The molecule has 0 aliphatic heterocycles. The molecule has 1 aromatic carbocycles. The van der Waals surface area contributed by atoms with E-state index in [1.54, 1.807) is 30.5 Å². The Hall–Kier alpha value is -3.31. The molecule has 10 nitrogen and oxygen atoms in total. The van der Waals surface area contributed by atoms with Gasteiger partial charge in [0.1, 0.15) is 16.5 Å². The highest BCUT2D eigenvalue weighted by Crippen LogP contribution is 2.38. The zero-order valence-corrected chi connectivity index (χ0v) is 20.8. The lowest BCUT2D eigenvalue weighted by atomic mass is 10.1. The van der Waals surface area contributed by atoms with E-state index in [4.69, 9.17) is 21.1 Å². The molecular weight excluding hydrogens is 524 g/mol. The van der Waals surface area contributed by atoms with Gasteiger partial charge in [-0.3, -0.25) is 10.1 Å². The van der Waals surface area contributed by atoms with Gasteiger partial charge in [-0.05, 0) is 42.1 Å². The predicted molar refractivity (Wildman–Crippen MR) is 127 cm³/mol. The van der Waals surface area contributed by atoms with Crippen molar-refractivity contribution in [3.05, 3.63) is 50.7 Å². The third-order valence-corrected chi connectivity index (χ3v) is 7.51. The summed E-state index contributed by atoms with van der Waals surface area (Å²) in [5.74, 6) is -1.29. The largest absolute Gasteiger partial charge is 0.490 e. The number of carbonyl (C=O) groups is 2. The fraction of sp³-hybridized carbons (Fsp3) is 0.150. The first-order valence-corrected chi connectivity index (χ1v) is 13.3. The second kappa shape index (κ2) is 10.7. The van der Waals surface area contributed by atoms with E-state index in [1.807, 2.05) is 0 Å². The van der Waals surface area contributed by atoms with Crippen molar-refractivity contribution in [3.8, 4) is 17.6 Å². The van der Waals surface area contributed by atoms with E-state index < -0.39 is 21.7 Å². The van der Waals surface area contributed by atoms with Gasteiger partial charge in [0, 0.05) is 6.26 Å². The van der Waals surface area contributed by atoms with Crippen molar-refractivity contribution in [1.29, 1.82) is 5.26 Å². The van der Waals surface area contributed by atoms with E-state index in [2.05, 4.69) is 15.5 Å². The average molecular weight is 539 g/mol. The maximum Gasteiger partial charge on any atom is 0.353 e. The zero-order valence-electron chi connectivity index (χ0n) is 17.6. The third kappa shape index (κ3) is 6.17. The Labute approximate surface area is 207 Å². The topological polar surface area (TPSA) is 148 Å². The van der Waals surface area contributed by atoms with Crippen molar-refractivity contribution < 1.29 is 27.5 Å². The lowest BCUT2D eigenvalue weighted by Crippen LogP contribution is -2.13. The number of benzene rings is 1. The molecule has 0 fully saturated rings. The van der Waals surface area contributed by atoms with Gasteiger partial charge in [0.05, 0.1) is 11.6 Å². The highest BCUT2D eigenvalue weighted by molar-refractivity contribution is 7.92. The summed E-state index contributed by atoms with van der Waals surface area (Å²) in [6.07, 6.45) is 2.20. The maximum atomic E-state index is 12.5. The number of hydrogen-bond acceptors (Lipinski definition) is 11. The number of nitrogens with zero attached hydrogens (tertiary/aromatic N) is 3. The molecule has 2 heterocycles. The molecule has 0 atom stereocenters. The molecule has 1 N–H and O–H groups in total. The Kier molecular flexibility index (Phi) is 8.00. The van der Waals surface area contributed by atoms with E-state index in [0.717, 1.165) is 6.26 Å². The zero-order chi connectivity index (χ0) is 24.9. The van der Waals surface area contributed by atoms with Crippen LogP contribution in [0.25, 0.3) is 6.08 Å². The Bertz CT molecular complexity index is 1410. The monoisotopic (exact) mass is 538 g/mol. The molecule has 176 valence electrons. The van der Waals surface area contributed by atoms with Gasteiger partial charge in [0.15, 0.2) is 11.5 Å². The van der Waals surface area contributed by atoms with E-state index in [9.17, 15) is 23.3 Å². The normalized spacial score (nSPS) is 11.5. The van der Waals surface area contributed by atoms with Crippen molar-refractivity contribution in [3.63, 3.8) is 0 Å². The van der Waals surface area contributed by atoms with Crippen LogP contribution >= 0.6 is 34.3 Å². The van der Waals surface area contributed by atoms with Crippen LogP contribution in [-0.4, -0.2) is 43.4 Å². The molecule has 2 aromatic heterocycles. The van der Waals surface area contributed by atoms with Crippen LogP contribution in [0.15, 0.2) is 39.6 Å². The van der Waals surface area contributed by atoms with Crippen molar-refractivity contribution in [1.82, 2.24) is 10.2 Å². The lowest BCUT2D eigenvalue weighted by molar-refractivity contribution is -0.112. The van der Waals surface area contributed by atoms with Gasteiger partial charge in [0.25, 0.3) is 5.91 Å². The van der Waals surface area contributed by atoms with Gasteiger partial charge in [-0.25, -0.2) is 13.2 Å². The Balaban J connectivity index is 1.87. The van der Waals surface area contributed by atoms with Crippen LogP contribution in [0.2, 0.25) is 5.02 Å². The van der Waals surface area contributed by atoms with Gasteiger partial charge >= 0.3 is 5.97 Å². The molecule has 0 aliphatic rings. The van der Waals surface area contributed by atoms with Crippen LogP contribution in [0.4, 0.5) is 5.13 Å². The quantitative estimate of drug-likeness (QED) is 0.148.